The molecule has 4 heterocycles. The van der Waals surface area contributed by atoms with Crippen LogP contribution in [-0.2, 0) is 44.7 Å². The highest BCUT2D eigenvalue weighted by Crippen LogP contribution is 2.42. The minimum Gasteiger partial charge on any atom is -0.453 e. The molecule has 14 nitrogen and oxygen atoms in total. The normalized spacial score (nSPS) is 20.0. The number of aromatic nitrogens is 4. The van der Waals surface area contributed by atoms with Gasteiger partial charge in [-0.2, -0.15) is 0 Å². The first-order chi connectivity index (χ1) is 29.9. The van der Waals surface area contributed by atoms with Crippen LogP contribution >= 0.6 is 0 Å². The van der Waals surface area contributed by atoms with Gasteiger partial charge in [0.05, 0.1) is 48.4 Å². The minimum atomic E-state index is -0.672. The Hall–Kier alpha value is -5.92. The Balaban J connectivity index is 0.861. The van der Waals surface area contributed by atoms with E-state index in [-0.39, 0.29) is 35.7 Å². The Morgan fingerprint density at radius 1 is 0.613 bits per heavy atom. The first-order valence-electron chi connectivity index (χ1n) is 22.3. The molecule has 4 atom stereocenters. The lowest BCUT2D eigenvalue weighted by molar-refractivity contribution is -0.136. The third kappa shape index (κ3) is 7.77. The number of likely N-dealkylation sites (tertiary alicyclic amines) is 2. The zero-order chi connectivity index (χ0) is 43.4. The summed E-state index contributed by atoms with van der Waals surface area (Å²) in [5.74, 6) is 1.92. The van der Waals surface area contributed by atoms with Gasteiger partial charge in [-0.25, -0.2) is 19.6 Å². The van der Waals surface area contributed by atoms with E-state index in [9.17, 15) is 19.2 Å². The van der Waals surface area contributed by atoms with Gasteiger partial charge < -0.3 is 39.9 Å². The van der Waals surface area contributed by atoms with Crippen LogP contribution in [0.2, 0.25) is 0 Å². The monoisotopic (exact) mass is 842 g/mol. The van der Waals surface area contributed by atoms with E-state index in [0.717, 1.165) is 85.1 Å². The number of rotatable bonds is 10. The van der Waals surface area contributed by atoms with E-state index in [1.807, 2.05) is 37.5 Å². The largest absolute Gasteiger partial charge is 0.453 e. The minimum absolute atomic E-state index is 0.0918. The zero-order valence-electron chi connectivity index (χ0n) is 36.5. The van der Waals surface area contributed by atoms with Crippen molar-refractivity contribution in [1.82, 2.24) is 40.4 Å². The summed E-state index contributed by atoms with van der Waals surface area (Å²) in [4.78, 5) is 72.3. The van der Waals surface area contributed by atoms with E-state index >= 15 is 0 Å². The maximum Gasteiger partial charge on any atom is 0.407 e. The van der Waals surface area contributed by atoms with E-state index in [0.29, 0.717) is 24.9 Å². The smallest absolute Gasteiger partial charge is 0.407 e. The molecular weight excluding hydrogens is 785 g/mol. The first-order valence-corrected chi connectivity index (χ1v) is 22.3. The number of carbonyl (C=O) groups is 4. The molecule has 2 saturated heterocycles. The first kappa shape index (κ1) is 41.4. The van der Waals surface area contributed by atoms with Crippen LogP contribution in [0.15, 0.2) is 48.5 Å². The van der Waals surface area contributed by atoms with Gasteiger partial charge in [-0.3, -0.25) is 9.59 Å². The predicted molar refractivity (Wildman–Crippen MR) is 235 cm³/mol. The SMILES string of the molecule is COC(=O)NC(C(=O)N1CCCC1c1nc2ccc(C3Cc4cc5c(cc4C3)CC(c3ccc4nc(C6CCCN6C(=O)C(NC(=O)OC)C(C)C)[nH]c4c3)C5)cc2[nH]1)C(C)C. The number of nitrogens with zero attached hydrogens (tertiary/aromatic N) is 4. The number of nitrogens with one attached hydrogen (secondary N) is 4. The summed E-state index contributed by atoms with van der Waals surface area (Å²) >= 11 is 0. The highest BCUT2D eigenvalue weighted by molar-refractivity contribution is 5.87. The van der Waals surface area contributed by atoms with Crippen molar-refractivity contribution in [3.05, 3.63) is 93.6 Å². The Bertz CT molecular complexity index is 2340. The fraction of sp³-hybridized carbons (Fsp3) is 0.500. The quantitative estimate of drug-likeness (QED) is 0.113. The van der Waals surface area contributed by atoms with Crippen LogP contribution in [0, 0.1) is 11.8 Å². The summed E-state index contributed by atoms with van der Waals surface area (Å²) in [5, 5.41) is 5.47. The van der Waals surface area contributed by atoms with Crippen LogP contribution in [-0.4, -0.2) is 93.1 Å². The molecule has 0 saturated carbocycles. The van der Waals surface area contributed by atoms with Crippen LogP contribution in [0.3, 0.4) is 0 Å². The molecular formula is C48H58N8O6. The highest BCUT2D eigenvalue weighted by atomic mass is 16.5. The maximum atomic E-state index is 13.7. The van der Waals surface area contributed by atoms with Crippen molar-refractivity contribution >= 4 is 46.1 Å². The van der Waals surface area contributed by atoms with Crippen LogP contribution in [0.1, 0.15) is 122 Å². The molecule has 0 radical (unpaired) electrons. The average molecular weight is 843 g/mol. The molecule has 3 aromatic carbocycles. The number of alkyl carbamates (subject to hydrolysis) is 2. The number of methoxy groups -OCH3 is 2. The number of H-pyrrole nitrogens is 2. The number of hydrogen-bond acceptors (Lipinski definition) is 8. The molecule has 2 fully saturated rings. The van der Waals surface area contributed by atoms with Crippen molar-refractivity contribution < 1.29 is 28.7 Å². The average Bonchev–Trinajstić information content (AvgIpc) is 4.12. The number of benzene rings is 3. The lowest BCUT2D eigenvalue weighted by Crippen LogP contribution is -2.51. The maximum absolute atomic E-state index is 13.7. The molecule has 5 aromatic rings. The zero-order valence-corrected chi connectivity index (χ0v) is 36.5. The van der Waals surface area contributed by atoms with E-state index in [4.69, 9.17) is 19.4 Å². The van der Waals surface area contributed by atoms with Gasteiger partial charge in [0.15, 0.2) is 0 Å². The molecule has 0 bridgehead atoms. The van der Waals surface area contributed by atoms with Gasteiger partial charge in [0.2, 0.25) is 11.8 Å². The fourth-order valence-corrected chi connectivity index (χ4v) is 10.5. The van der Waals surface area contributed by atoms with Gasteiger partial charge in [0.25, 0.3) is 0 Å². The molecule has 9 rings (SSSR count). The fourth-order valence-electron chi connectivity index (χ4n) is 10.5. The highest BCUT2D eigenvalue weighted by Gasteiger charge is 2.39. The van der Waals surface area contributed by atoms with Gasteiger partial charge in [-0.1, -0.05) is 52.0 Å². The van der Waals surface area contributed by atoms with Crippen molar-refractivity contribution in [2.45, 2.75) is 115 Å². The van der Waals surface area contributed by atoms with Crippen molar-refractivity contribution in [2.24, 2.45) is 11.8 Å². The summed E-state index contributed by atoms with van der Waals surface area (Å²) in [6.07, 6.45) is 6.13. The molecule has 4 aliphatic rings. The number of aromatic amines is 2. The Morgan fingerprint density at radius 3 is 1.35 bits per heavy atom. The molecule has 14 heteroatoms. The van der Waals surface area contributed by atoms with Crippen molar-refractivity contribution in [3.8, 4) is 0 Å². The molecule has 62 heavy (non-hydrogen) atoms. The number of carbonyl (C=O) groups excluding carboxylic acids is 4. The van der Waals surface area contributed by atoms with Crippen LogP contribution in [0.5, 0.6) is 0 Å². The molecule has 2 aliphatic heterocycles. The molecule has 0 spiro atoms. The summed E-state index contributed by atoms with van der Waals surface area (Å²) in [6.45, 7) is 8.93. The van der Waals surface area contributed by atoms with Gasteiger partial charge in [-0.15, -0.1) is 0 Å². The van der Waals surface area contributed by atoms with Crippen LogP contribution in [0.25, 0.3) is 22.1 Å². The topological polar surface area (TPSA) is 175 Å². The van der Waals surface area contributed by atoms with Crippen molar-refractivity contribution in [3.63, 3.8) is 0 Å². The summed E-state index contributed by atoms with van der Waals surface area (Å²) in [7, 11) is 2.61. The van der Waals surface area contributed by atoms with Crippen LogP contribution < -0.4 is 10.6 Å². The van der Waals surface area contributed by atoms with Gasteiger partial charge >= 0.3 is 12.2 Å². The molecule has 2 aliphatic carbocycles. The van der Waals surface area contributed by atoms with Crippen molar-refractivity contribution in [1.29, 1.82) is 0 Å². The lowest BCUT2D eigenvalue weighted by Gasteiger charge is -2.29. The van der Waals surface area contributed by atoms with Gasteiger partial charge in [-0.05, 0) is 133 Å². The van der Waals surface area contributed by atoms with E-state index in [2.05, 4.69) is 69.1 Å². The predicted octanol–water partition coefficient (Wildman–Crippen LogP) is 7.29. The number of amides is 4. The molecule has 2 aromatic heterocycles. The van der Waals surface area contributed by atoms with Crippen LogP contribution in [0.4, 0.5) is 9.59 Å². The third-order valence-corrected chi connectivity index (χ3v) is 13.9. The van der Waals surface area contributed by atoms with E-state index in [1.54, 1.807) is 0 Å². The summed E-state index contributed by atoms with van der Waals surface area (Å²) in [5.41, 5.74) is 12.1. The standard InChI is InChI=1S/C48H58N8O6/c1-25(2)41(53-47(59)61-5)45(57)55-15-7-9-39(55)43-49-35-13-11-27(23-37(35)51-43)29-17-31-21-33-19-30(20-34(33)22-32(31)18-29)28-12-14-36-38(24-28)52-44(50-36)40-10-8-16-56(40)46(58)42(26(3)4)54-48(60)62-6/h11-14,21-26,29-30,39-42H,7-10,15-20H2,1-6H3,(H,49,51)(H,50,52)(H,53,59)(H,54,60). The molecule has 326 valence electrons. The summed E-state index contributed by atoms with van der Waals surface area (Å²) < 4.78 is 9.60. The second kappa shape index (κ2) is 16.7. The molecule has 4 N–H and O–H groups in total. The van der Waals surface area contributed by atoms with E-state index in [1.165, 1.54) is 47.6 Å². The number of imidazole rings is 2. The molecule has 4 unspecified atom stereocenters. The summed E-state index contributed by atoms with van der Waals surface area (Å²) in [6, 6.07) is 16.3. The second-order valence-electron chi connectivity index (χ2n) is 18.5. The Kier molecular flexibility index (Phi) is 11.2. The van der Waals surface area contributed by atoms with Crippen molar-refractivity contribution in [2.75, 3.05) is 27.3 Å². The molecule has 4 amide bonds. The van der Waals surface area contributed by atoms with E-state index < -0.39 is 24.3 Å². The number of ether oxygens (including phenoxy) is 2. The van der Waals surface area contributed by atoms with Gasteiger partial charge in [0.1, 0.15) is 23.7 Å². The van der Waals surface area contributed by atoms with Gasteiger partial charge in [0, 0.05) is 13.1 Å². The number of fused-ring (bicyclic) bond motifs is 4. The Morgan fingerprint density at radius 2 is 1.00 bits per heavy atom. The second-order valence-corrected chi connectivity index (χ2v) is 18.5. The Labute approximate surface area is 361 Å². The number of hydrogen-bond donors (Lipinski definition) is 4. The lowest BCUT2D eigenvalue weighted by atomic mass is 9.95. The third-order valence-electron chi connectivity index (χ3n) is 13.9.